The molecule has 10 nitrogen and oxygen atoms in total. The van der Waals surface area contributed by atoms with Crippen molar-refractivity contribution in [3.8, 4) is 5.69 Å². The summed E-state index contributed by atoms with van der Waals surface area (Å²) >= 11 is 0. The first-order chi connectivity index (χ1) is 17.6. The third-order valence-electron chi connectivity index (χ3n) is 6.70. The summed E-state index contributed by atoms with van der Waals surface area (Å²) < 4.78 is 15.3. The standard InChI is InChI=1S/C25H23FN8O2/c26-18-5-4-8-20(14-18)33-15-17(13-21(33)35)25(36)32-11-9-31(10-12-32)23-22-24(28-16-27-23)34(30-29-22)19-6-2-1-3-7-19/h1-8,14,16-17H,9-13,15H2/t17-/m1/s1. The van der Waals surface area contributed by atoms with Gasteiger partial charge in [0.2, 0.25) is 11.8 Å². The lowest BCUT2D eigenvalue weighted by molar-refractivity contribution is -0.136. The number of aromatic nitrogens is 5. The Bertz CT molecular complexity index is 1430. The first kappa shape index (κ1) is 22.1. The minimum Gasteiger partial charge on any atom is -0.351 e. The van der Waals surface area contributed by atoms with Gasteiger partial charge < -0.3 is 14.7 Å². The first-order valence-corrected chi connectivity index (χ1v) is 11.8. The summed E-state index contributed by atoms with van der Waals surface area (Å²) in [4.78, 5) is 40.0. The summed E-state index contributed by atoms with van der Waals surface area (Å²) in [5.41, 5.74) is 2.56. The van der Waals surface area contributed by atoms with E-state index >= 15 is 0 Å². The van der Waals surface area contributed by atoms with Crippen LogP contribution in [-0.4, -0.2) is 74.4 Å². The molecule has 2 fully saturated rings. The lowest BCUT2D eigenvalue weighted by atomic mass is 10.1. The van der Waals surface area contributed by atoms with Crippen molar-refractivity contribution in [1.29, 1.82) is 0 Å². The Morgan fingerprint density at radius 2 is 1.72 bits per heavy atom. The number of hydrogen-bond donors (Lipinski definition) is 0. The average molecular weight is 487 g/mol. The van der Waals surface area contributed by atoms with Crippen LogP contribution < -0.4 is 9.80 Å². The van der Waals surface area contributed by atoms with Crippen molar-refractivity contribution in [3.05, 3.63) is 66.7 Å². The van der Waals surface area contributed by atoms with E-state index in [1.54, 1.807) is 21.7 Å². The van der Waals surface area contributed by atoms with Crippen molar-refractivity contribution in [2.45, 2.75) is 6.42 Å². The highest BCUT2D eigenvalue weighted by molar-refractivity contribution is 6.00. The monoisotopic (exact) mass is 486 g/mol. The predicted molar refractivity (Wildman–Crippen MR) is 130 cm³/mol. The molecular formula is C25H23FN8O2. The fourth-order valence-electron chi connectivity index (χ4n) is 4.87. The van der Waals surface area contributed by atoms with Gasteiger partial charge in [-0.2, -0.15) is 4.68 Å². The molecule has 0 saturated carbocycles. The zero-order valence-electron chi connectivity index (χ0n) is 19.4. The molecule has 2 aliphatic heterocycles. The minimum absolute atomic E-state index is 0.0511. The third kappa shape index (κ3) is 3.92. The number of piperazine rings is 1. The number of carbonyl (C=O) groups excluding carboxylic acids is 2. The van der Waals surface area contributed by atoms with E-state index in [9.17, 15) is 14.0 Å². The van der Waals surface area contributed by atoms with Gasteiger partial charge in [0.05, 0.1) is 11.6 Å². The molecule has 2 saturated heterocycles. The van der Waals surface area contributed by atoms with Crippen LogP contribution in [0.5, 0.6) is 0 Å². The molecule has 0 bridgehead atoms. The van der Waals surface area contributed by atoms with Gasteiger partial charge in [-0.15, -0.1) is 5.10 Å². The van der Waals surface area contributed by atoms with E-state index in [1.165, 1.54) is 23.4 Å². The van der Waals surface area contributed by atoms with Gasteiger partial charge >= 0.3 is 0 Å². The third-order valence-corrected chi connectivity index (χ3v) is 6.70. The largest absolute Gasteiger partial charge is 0.351 e. The minimum atomic E-state index is -0.441. The lowest BCUT2D eigenvalue weighted by Gasteiger charge is -2.36. The number of fused-ring (bicyclic) bond motifs is 1. The molecule has 182 valence electrons. The van der Waals surface area contributed by atoms with Crippen molar-refractivity contribution in [3.63, 3.8) is 0 Å². The van der Waals surface area contributed by atoms with Gasteiger partial charge in [0, 0.05) is 44.8 Å². The molecule has 6 rings (SSSR count). The molecule has 0 radical (unpaired) electrons. The molecule has 1 atom stereocenters. The van der Waals surface area contributed by atoms with E-state index in [0.717, 1.165) is 5.69 Å². The highest BCUT2D eigenvalue weighted by Crippen LogP contribution is 2.28. The van der Waals surface area contributed by atoms with Gasteiger partial charge in [0.15, 0.2) is 17.0 Å². The summed E-state index contributed by atoms with van der Waals surface area (Å²) in [6.07, 6.45) is 1.63. The number of hydrogen-bond acceptors (Lipinski definition) is 7. The highest BCUT2D eigenvalue weighted by atomic mass is 19.1. The molecule has 2 amide bonds. The molecule has 11 heteroatoms. The number of nitrogens with zero attached hydrogens (tertiary/aromatic N) is 8. The van der Waals surface area contributed by atoms with Crippen LogP contribution in [0.15, 0.2) is 60.9 Å². The van der Waals surface area contributed by atoms with Crippen LogP contribution in [0.4, 0.5) is 15.9 Å². The molecule has 0 N–H and O–H groups in total. The van der Waals surface area contributed by atoms with Crippen LogP contribution >= 0.6 is 0 Å². The fraction of sp³-hybridized carbons (Fsp3) is 0.280. The van der Waals surface area contributed by atoms with Gasteiger partial charge in [-0.25, -0.2) is 14.4 Å². The zero-order valence-corrected chi connectivity index (χ0v) is 19.4. The molecule has 4 aromatic rings. The van der Waals surface area contributed by atoms with Crippen LogP contribution in [-0.2, 0) is 9.59 Å². The van der Waals surface area contributed by atoms with Gasteiger partial charge in [-0.3, -0.25) is 9.59 Å². The molecule has 4 heterocycles. The first-order valence-electron chi connectivity index (χ1n) is 11.8. The summed E-state index contributed by atoms with van der Waals surface area (Å²) in [5, 5.41) is 8.61. The van der Waals surface area contributed by atoms with E-state index in [2.05, 4.69) is 25.2 Å². The van der Waals surface area contributed by atoms with Gasteiger partial charge in [0.1, 0.15) is 12.1 Å². The summed E-state index contributed by atoms with van der Waals surface area (Å²) in [5.74, 6) is -0.382. The van der Waals surface area contributed by atoms with Crippen LogP contribution in [0.2, 0.25) is 0 Å². The maximum atomic E-state index is 13.6. The van der Waals surface area contributed by atoms with Gasteiger partial charge in [-0.05, 0) is 30.3 Å². The van der Waals surface area contributed by atoms with E-state index in [1.807, 2.05) is 30.3 Å². The Morgan fingerprint density at radius 1 is 0.944 bits per heavy atom. The van der Waals surface area contributed by atoms with E-state index in [4.69, 9.17) is 0 Å². The fourth-order valence-corrected chi connectivity index (χ4v) is 4.87. The number of amides is 2. The Morgan fingerprint density at radius 3 is 2.50 bits per heavy atom. The summed E-state index contributed by atoms with van der Waals surface area (Å²) in [7, 11) is 0. The predicted octanol–water partition coefficient (Wildman–Crippen LogP) is 2.05. The number of halogens is 1. The quantitative estimate of drug-likeness (QED) is 0.435. The molecule has 0 unspecified atom stereocenters. The van der Waals surface area contributed by atoms with Crippen molar-refractivity contribution >= 4 is 34.5 Å². The molecule has 36 heavy (non-hydrogen) atoms. The highest BCUT2D eigenvalue weighted by Gasteiger charge is 2.38. The van der Waals surface area contributed by atoms with E-state index < -0.39 is 11.7 Å². The number of anilines is 2. The van der Waals surface area contributed by atoms with Crippen molar-refractivity contribution in [1.82, 2.24) is 29.9 Å². The smallest absolute Gasteiger partial charge is 0.228 e. The number of para-hydroxylation sites is 1. The number of benzene rings is 2. The average Bonchev–Trinajstić information content (AvgIpc) is 3.53. The molecule has 2 aromatic heterocycles. The van der Waals surface area contributed by atoms with Crippen LogP contribution in [0.1, 0.15) is 6.42 Å². The van der Waals surface area contributed by atoms with E-state index in [-0.39, 0.29) is 24.8 Å². The lowest BCUT2D eigenvalue weighted by Crippen LogP contribution is -2.51. The van der Waals surface area contributed by atoms with Gasteiger partial charge in [0.25, 0.3) is 0 Å². The van der Waals surface area contributed by atoms with Crippen LogP contribution in [0.25, 0.3) is 16.9 Å². The second-order valence-corrected chi connectivity index (χ2v) is 8.90. The molecule has 2 aromatic carbocycles. The summed E-state index contributed by atoms with van der Waals surface area (Å²) in [6.45, 7) is 2.41. The van der Waals surface area contributed by atoms with Crippen molar-refractivity contribution < 1.29 is 14.0 Å². The van der Waals surface area contributed by atoms with Crippen molar-refractivity contribution in [2.24, 2.45) is 5.92 Å². The zero-order chi connectivity index (χ0) is 24.6. The Kier molecular flexibility index (Phi) is 5.51. The second-order valence-electron chi connectivity index (χ2n) is 8.90. The number of rotatable bonds is 4. The molecule has 0 aliphatic carbocycles. The topological polar surface area (TPSA) is 100 Å². The van der Waals surface area contributed by atoms with Crippen LogP contribution in [0, 0.1) is 11.7 Å². The normalized spacial score (nSPS) is 18.3. The van der Waals surface area contributed by atoms with Crippen LogP contribution in [0.3, 0.4) is 0 Å². The second kappa shape index (κ2) is 8.99. The summed E-state index contributed by atoms with van der Waals surface area (Å²) in [6, 6.07) is 15.6. The Balaban J connectivity index is 1.14. The van der Waals surface area contributed by atoms with Crippen molar-refractivity contribution in [2.75, 3.05) is 42.5 Å². The van der Waals surface area contributed by atoms with E-state index in [0.29, 0.717) is 48.8 Å². The Hall–Kier alpha value is -4.41. The Labute approximate surface area is 206 Å². The maximum absolute atomic E-state index is 13.6. The number of carbonyl (C=O) groups is 2. The maximum Gasteiger partial charge on any atom is 0.228 e. The molecule has 0 spiro atoms. The van der Waals surface area contributed by atoms with Gasteiger partial charge in [-0.1, -0.05) is 29.5 Å². The molecule has 2 aliphatic rings. The SMILES string of the molecule is O=C([C@@H]1CC(=O)N(c2cccc(F)c2)C1)N1CCN(c2ncnc3c2nnn3-c2ccccc2)CC1. The molecular weight excluding hydrogens is 463 g/mol.